The van der Waals surface area contributed by atoms with Crippen molar-refractivity contribution in [1.82, 2.24) is 15.1 Å². The number of piperazine rings is 1. The van der Waals surface area contributed by atoms with Crippen LogP contribution < -0.4 is 5.32 Å². The van der Waals surface area contributed by atoms with Gasteiger partial charge in [-0.1, -0.05) is 0 Å². The summed E-state index contributed by atoms with van der Waals surface area (Å²) in [4.78, 5) is 16.2. The molecule has 2 aliphatic rings. The molecule has 2 N–H and O–H groups in total. The fourth-order valence-corrected chi connectivity index (χ4v) is 2.89. The van der Waals surface area contributed by atoms with Crippen LogP contribution in [0.3, 0.4) is 0 Å². The summed E-state index contributed by atoms with van der Waals surface area (Å²) in [6.45, 7) is 6.04. The van der Waals surface area contributed by atoms with Crippen molar-refractivity contribution in [2.45, 2.75) is 31.2 Å². The average molecular weight is 255 g/mol. The maximum absolute atomic E-state index is 11.5. The summed E-state index contributed by atoms with van der Waals surface area (Å²) in [5.41, 5.74) is -0.665. The van der Waals surface area contributed by atoms with Crippen LogP contribution in [0.15, 0.2) is 0 Å². The Hall–Kier alpha value is -0.650. The number of nitrogens with one attached hydrogen (secondary N) is 1. The Morgan fingerprint density at radius 3 is 2.56 bits per heavy atom. The number of nitrogens with zero attached hydrogens (tertiary/aromatic N) is 2. The largest absolute Gasteiger partial charge is 0.480 e. The Kier molecular flexibility index (Phi) is 4.59. The first-order valence-electron chi connectivity index (χ1n) is 7.02. The first-order chi connectivity index (χ1) is 8.62. The molecule has 5 heteroatoms. The van der Waals surface area contributed by atoms with Gasteiger partial charge in [0.1, 0.15) is 5.54 Å². The van der Waals surface area contributed by atoms with E-state index in [1.54, 1.807) is 0 Å². The molecule has 0 amide bonds. The lowest BCUT2D eigenvalue weighted by Crippen LogP contribution is -2.56. The van der Waals surface area contributed by atoms with Gasteiger partial charge in [0.25, 0.3) is 0 Å². The van der Waals surface area contributed by atoms with E-state index in [2.05, 4.69) is 22.2 Å². The highest BCUT2D eigenvalue weighted by Crippen LogP contribution is 2.24. The predicted octanol–water partition coefficient (Wildman–Crippen LogP) is 0.221. The van der Waals surface area contributed by atoms with E-state index in [0.717, 1.165) is 65.0 Å². The third kappa shape index (κ3) is 3.22. The maximum atomic E-state index is 11.5. The van der Waals surface area contributed by atoms with Crippen molar-refractivity contribution in [3.05, 3.63) is 0 Å². The molecule has 0 aromatic rings. The number of rotatable bonds is 4. The highest BCUT2D eigenvalue weighted by molar-refractivity contribution is 5.78. The lowest BCUT2D eigenvalue weighted by atomic mass is 9.85. The molecule has 18 heavy (non-hydrogen) atoms. The van der Waals surface area contributed by atoms with Crippen LogP contribution in [0, 0.1) is 0 Å². The number of hydrogen-bond donors (Lipinski definition) is 2. The van der Waals surface area contributed by atoms with Crippen molar-refractivity contribution in [3.8, 4) is 0 Å². The van der Waals surface area contributed by atoms with Crippen LogP contribution in [0.1, 0.15) is 25.7 Å². The minimum absolute atomic E-state index is 0.665. The maximum Gasteiger partial charge on any atom is 0.323 e. The third-order valence-electron chi connectivity index (χ3n) is 4.35. The minimum Gasteiger partial charge on any atom is -0.480 e. The number of piperidine rings is 1. The van der Waals surface area contributed by atoms with Crippen LogP contribution in [-0.2, 0) is 4.79 Å². The summed E-state index contributed by atoms with van der Waals surface area (Å²) in [6, 6.07) is 0. The molecule has 2 saturated heterocycles. The fourth-order valence-electron chi connectivity index (χ4n) is 2.89. The number of carboxylic acids is 1. The number of likely N-dealkylation sites (N-methyl/N-ethyl adjacent to an activating group) is 1. The quantitative estimate of drug-likeness (QED) is 0.753. The molecule has 0 radical (unpaired) electrons. The topological polar surface area (TPSA) is 55.8 Å². The second-order valence-corrected chi connectivity index (χ2v) is 5.67. The molecule has 2 rings (SSSR count). The van der Waals surface area contributed by atoms with E-state index in [4.69, 9.17) is 0 Å². The van der Waals surface area contributed by atoms with E-state index in [0.29, 0.717) is 0 Å². The fraction of sp³-hybridized carbons (Fsp3) is 0.923. The van der Waals surface area contributed by atoms with E-state index >= 15 is 0 Å². The Bertz CT molecular complexity index is 282. The van der Waals surface area contributed by atoms with Gasteiger partial charge in [0, 0.05) is 32.7 Å². The molecule has 0 aliphatic carbocycles. The zero-order chi connectivity index (χ0) is 13.0. The molecular weight excluding hydrogens is 230 g/mol. The smallest absolute Gasteiger partial charge is 0.323 e. The number of carboxylic acid groups (broad SMARTS) is 1. The van der Waals surface area contributed by atoms with Crippen LogP contribution >= 0.6 is 0 Å². The van der Waals surface area contributed by atoms with Crippen LogP contribution in [0.2, 0.25) is 0 Å². The molecule has 2 heterocycles. The summed E-state index contributed by atoms with van der Waals surface area (Å²) in [5, 5.41) is 12.7. The van der Waals surface area contributed by atoms with Gasteiger partial charge >= 0.3 is 5.97 Å². The molecule has 104 valence electrons. The van der Waals surface area contributed by atoms with Gasteiger partial charge in [0.05, 0.1) is 0 Å². The summed E-state index contributed by atoms with van der Waals surface area (Å²) in [7, 11) is 2.14. The summed E-state index contributed by atoms with van der Waals surface area (Å²) < 4.78 is 0. The SMILES string of the molecule is CN1CCN(CCC2(C(=O)O)CCCCN2)CC1. The van der Waals surface area contributed by atoms with Crippen molar-refractivity contribution >= 4 is 5.97 Å². The van der Waals surface area contributed by atoms with Crippen LogP contribution in [0.5, 0.6) is 0 Å². The van der Waals surface area contributed by atoms with Gasteiger partial charge in [-0.05, 0) is 39.3 Å². The average Bonchev–Trinajstić information content (AvgIpc) is 2.39. The number of aliphatic carboxylic acids is 1. The predicted molar refractivity (Wildman–Crippen MR) is 70.8 cm³/mol. The van der Waals surface area contributed by atoms with Gasteiger partial charge < -0.3 is 20.2 Å². The molecule has 0 bridgehead atoms. The molecule has 5 nitrogen and oxygen atoms in total. The third-order valence-corrected chi connectivity index (χ3v) is 4.35. The van der Waals surface area contributed by atoms with Crippen molar-refractivity contribution in [3.63, 3.8) is 0 Å². The van der Waals surface area contributed by atoms with Crippen molar-refractivity contribution in [2.75, 3.05) is 46.3 Å². The van der Waals surface area contributed by atoms with Gasteiger partial charge in [-0.15, -0.1) is 0 Å². The second-order valence-electron chi connectivity index (χ2n) is 5.67. The van der Waals surface area contributed by atoms with E-state index in [1.165, 1.54) is 0 Å². The molecule has 0 saturated carbocycles. The number of carbonyl (C=O) groups is 1. The van der Waals surface area contributed by atoms with E-state index in [-0.39, 0.29) is 0 Å². The van der Waals surface area contributed by atoms with Crippen LogP contribution in [0.4, 0.5) is 0 Å². The standard InChI is InChI=1S/C13H25N3O2/c1-15-8-10-16(11-9-15)7-5-13(12(17)18)4-2-3-6-14-13/h14H,2-11H2,1H3,(H,17,18). The van der Waals surface area contributed by atoms with Crippen molar-refractivity contribution < 1.29 is 9.90 Å². The lowest BCUT2D eigenvalue weighted by molar-refractivity contribution is -0.146. The molecule has 1 unspecified atom stereocenters. The van der Waals surface area contributed by atoms with E-state index in [1.807, 2.05) is 0 Å². The highest BCUT2D eigenvalue weighted by Gasteiger charge is 2.39. The van der Waals surface area contributed by atoms with Crippen LogP contribution in [-0.4, -0.2) is 72.7 Å². The second kappa shape index (κ2) is 5.99. The molecule has 2 aliphatic heterocycles. The van der Waals surface area contributed by atoms with Gasteiger partial charge in [0.2, 0.25) is 0 Å². The zero-order valence-corrected chi connectivity index (χ0v) is 11.3. The molecule has 0 aromatic heterocycles. The van der Waals surface area contributed by atoms with Gasteiger partial charge in [-0.3, -0.25) is 4.79 Å². The molecule has 2 fully saturated rings. The van der Waals surface area contributed by atoms with Crippen molar-refractivity contribution in [2.24, 2.45) is 0 Å². The number of hydrogen-bond acceptors (Lipinski definition) is 4. The van der Waals surface area contributed by atoms with E-state index in [9.17, 15) is 9.90 Å². The van der Waals surface area contributed by atoms with Crippen LogP contribution in [0.25, 0.3) is 0 Å². The zero-order valence-electron chi connectivity index (χ0n) is 11.3. The van der Waals surface area contributed by atoms with Gasteiger partial charge in [-0.2, -0.15) is 0 Å². The Labute approximate surface area is 109 Å². The van der Waals surface area contributed by atoms with Gasteiger partial charge in [-0.25, -0.2) is 0 Å². The Morgan fingerprint density at radius 2 is 2.00 bits per heavy atom. The van der Waals surface area contributed by atoms with E-state index < -0.39 is 11.5 Å². The molecular formula is C13H25N3O2. The molecule has 0 aromatic carbocycles. The summed E-state index contributed by atoms with van der Waals surface area (Å²) in [6.07, 6.45) is 3.63. The van der Waals surface area contributed by atoms with Crippen molar-refractivity contribution in [1.29, 1.82) is 0 Å². The minimum atomic E-state index is -0.670. The Balaban J connectivity index is 1.84. The Morgan fingerprint density at radius 1 is 1.28 bits per heavy atom. The normalized spacial score (nSPS) is 31.4. The molecule has 0 spiro atoms. The lowest BCUT2D eigenvalue weighted by Gasteiger charge is -2.38. The summed E-state index contributed by atoms with van der Waals surface area (Å²) >= 11 is 0. The van der Waals surface area contributed by atoms with Gasteiger partial charge in [0.15, 0.2) is 0 Å². The first kappa shape index (κ1) is 13.8. The monoisotopic (exact) mass is 255 g/mol. The highest BCUT2D eigenvalue weighted by atomic mass is 16.4. The molecule has 1 atom stereocenters. The first-order valence-corrected chi connectivity index (χ1v) is 7.02. The summed E-state index contributed by atoms with van der Waals surface area (Å²) in [5.74, 6) is -0.670.